The molecule has 0 unspecified atom stereocenters. The minimum Gasteiger partial charge on any atom is -0.492 e. The number of carbonyl (C=O) groups is 2. The molecule has 34 heavy (non-hydrogen) atoms. The van der Waals surface area contributed by atoms with E-state index < -0.39 is 5.97 Å². The van der Waals surface area contributed by atoms with E-state index in [0.29, 0.717) is 43.4 Å². The van der Waals surface area contributed by atoms with Gasteiger partial charge in [-0.1, -0.05) is 42.0 Å². The maximum atomic E-state index is 13.5. The molecule has 0 atom stereocenters. The second-order valence-electron chi connectivity index (χ2n) is 8.15. The lowest BCUT2D eigenvalue weighted by molar-refractivity contribution is 0.0519. The van der Waals surface area contributed by atoms with Gasteiger partial charge < -0.3 is 24.7 Å². The highest BCUT2D eigenvalue weighted by Gasteiger charge is 2.23. The summed E-state index contributed by atoms with van der Waals surface area (Å²) in [6.45, 7) is 11.0. The first-order valence-electron chi connectivity index (χ1n) is 11.5. The summed E-state index contributed by atoms with van der Waals surface area (Å²) in [7, 11) is 0. The van der Waals surface area contributed by atoms with Gasteiger partial charge in [0.05, 0.1) is 18.9 Å². The maximum Gasteiger partial charge on any atom is 0.355 e. The lowest BCUT2D eigenvalue weighted by Crippen LogP contribution is -2.34. The standard InChI is InChI=1S/C27H33N3O4/c1-6-33-24-11-9-8-10-23(24)29-27(32)30(16-21-14-12-18(3)13-15-21)17-22-19(4)25(28-20(22)5)26(31)34-7-2/h8-15,28H,6-7,16-17H2,1-5H3,(H,29,32). The van der Waals surface area contributed by atoms with E-state index in [2.05, 4.69) is 10.3 Å². The van der Waals surface area contributed by atoms with Gasteiger partial charge in [0.2, 0.25) is 0 Å². The van der Waals surface area contributed by atoms with Crippen molar-refractivity contribution in [2.45, 2.75) is 47.7 Å². The minimum absolute atomic E-state index is 0.259. The average molecular weight is 464 g/mol. The highest BCUT2D eigenvalue weighted by atomic mass is 16.5. The van der Waals surface area contributed by atoms with Crippen LogP contribution in [0.5, 0.6) is 5.75 Å². The molecule has 1 heterocycles. The number of rotatable bonds is 9. The molecule has 0 spiro atoms. The average Bonchev–Trinajstić information content (AvgIpc) is 3.10. The monoisotopic (exact) mass is 463 g/mol. The molecular weight excluding hydrogens is 430 g/mol. The van der Waals surface area contributed by atoms with Crippen molar-refractivity contribution in [2.24, 2.45) is 0 Å². The van der Waals surface area contributed by atoms with Gasteiger partial charge in [-0.2, -0.15) is 0 Å². The lowest BCUT2D eigenvalue weighted by Gasteiger charge is -2.24. The topological polar surface area (TPSA) is 83.7 Å². The molecule has 0 aliphatic carbocycles. The van der Waals surface area contributed by atoms with E-state index in [4.69, 9.17) is 9.47 Å². The molecule has 180 valence electrons. The number of urea groups is 1. The first-order valence-corrected chi connectivity index (χ1v) is 11.5. The van der Waals surface area contributed by atoms with E-state index in [1.165, 1.54) is 0 Å². The van der Waals surface area contributed by atoms with Crippen LogP contribution in [0.3, 0.4) is 0 Å². The normalized spacial score (nSPS) is 10.6. The molecule has 7 nitrogen and oxygen atoms in total. The van der Waals surface area contributed by atoms with Crippen molar-refractivity contribution >= 4 is 17.7 Å². The van der Waals surface area contributed by atoms with E-state index in [-0.39, 0.29) is 6.03 Å². The van der Waals surface area contributed by atoms with Gasteiger partial charge in [-0.05, 0) is 63.4 Å². The molecule has 3 rings (SSSR count). The summed E-state index contributed by atoms with van der Waals surface area (Å²) in [6.07, 6.45) is 0. The van der Waals surface area contributed by atoms with Gasteiger partial charge in [-0.3, -0.25) is 0 Å². The Labute approximate surface area is 201 Å². The molecule has 7 heteroatoms. The van der Waals surface area contributed by atoms with Crippen LogP contribution in [-0.2, 0) is 17.8 Å². The summed E-state index contributed by atoms with van der Waals surface area (Å²) in [5, 5.41) is 3.00. The Bertz CT molecular complexity index is 1140. The van der Waals surface area contributed by atoms with Crippen LogP contribution in [0.1, 0.15) is 52.3 Å². The number of para-hydroxylation sites is 2. The predicted molar refractivity (Wildman–Crippen MR) is 133 cm³/mol. The summed E-state index contributed by atoms with van der Waals surface area (Å²) in [5.74, 6) is 0.224. The number of H-pyrrole nitrogens is 1. The molecule has 0 bridgehead atoms. The van der Waals surface area contributed by atoms with Gasteiger partial charge in [0, 0.05) is 18.8 Å². The predicted octanol–water partition coefficient (Wildman–Crippen LogP) is 5.75. The quantitative estimate of drug-likeness (QED) is 0.396. The van der Waals surface area contributed by atoms with Crippen LogP contribution in [0.15, 0.2) is 48.5 Å². The van der Waals surface area contributed by atoms with Gasteiger partial charge in [-0.25, -0.2) is 9.59 Å². The van der Waals surface area contributed by atoms with Crippen molar-refractivity contribution in [3.8, 4) is 5.75 Å². The van der Waals surface area contributed by atoms with Gasteiger partial charge in [0.25, 0.3) is 0 Å². The molecule has 3 aromatic rings. The summed E-state index contributed by atoms with van der Waals surface area (Å²) in [6, 6.07) is 15.2. The summed E-state index contributed by atoms with van der Waals surface area (Å²) >= 11 is 0. The maximum absolute atomic E-state index is 13.5. The summed E-state index contributed by atoms with van der Waals surface area (Å²) in [5.41, 5.74) is 5.70. The Morgan fingerprint density at radius 2 is 1.65 bits per heavy atom. The second kappa shape index (κ2) is 11.4. The van der Waals surface area contributed by atoms with Crippen molar-refractivity contribution in [1.29, 1.82) is 0 Å². The molecule has 0 aliphatic rings. The smallest absolute Gasteiger partial charge is 0.355 e. The SMILES string of the molecule is CCOC(=O)c1[nH]c(C)c(CN(Cc2ccc(C)cc2)C(=O)Nc2ccccc2OCC)c1C. The van der Waals surface area contributed by atoms with Crippen LogP contribution in [0.2, 0.25) is 0 Å². The van der Waals surface area contributed by atoms with Crippen LogP contribution in [0.4, 0.5) is 10.5 Å². The number of ether oxygens (including phenoxy) is 2. The van der Waals surface area contributed by atoms with Crippen LogP contribution in [-0.4, -0.2) is 35.1 Å². The van der Waals surface area contributed by atoms with Crippen LogP contribution in [0.25, 0.3) is 0 Å². The second-order valence-corrected chi connectivity index (χ2v) is 8.15. The largest absolute Gasteiger partial charge is 0.492 e. The Morgan fingerprint density at radius 3 is 2.32 bits per heavy atom. The van der Waals surface area contributed by atoms with E-state index in [1.54, 1.807) is 11.8 Å². The zero-order chi connectivity index (χ0) is 24.7. The first-order chi connectivity index (χ1) is 16.3. The van der Waals surface area contributed by atoms with Crippen molar-refractivity contribution < 1.29 is 19.1 Å². The Kier molecular flexibility index (Phi) is 8.35. The van der Waals surface area contributed by atoms with Crippen molar-refractivity contribution in [3.63, 3.8) is 0 Å². The number of hydrogen-bond acceptors (Lipinski definition) is 4. The van der Waals surface area contributed by atoms with Gasteiger partial charge in [-0.15, -0.1) is 0 Å². The first kappa shape index (κ1) is 24.9. The third-order valence-electron chi connectivity index (χ3n) is 5.63. The number of carbonyl (C=O) groups excluding carboxylic acids is 2. The molecule has 2 aromatic carbocycles. The number of nitrogens with one attached hydrogen (secondary N) is 2. The lowest BCUT2D eigenvalue weighted by atomic mass is 10.1. The molecule has 0 saturated heterocycles. The number of hydrogen-bond donors (Lipinski definition) is 2. The molecule has 0 saturated carbocycles. The third kappa shape index (κ3) is 5.98. The number of aromatic amines is 1. The van der Waals surface area contributed by atoms with Crippen LogP contribution < -0.4 is 10.1 Å². The minimum atomic E-state index is -0.394. The molecular formula is C27H33N3O4. The van der Waals surface area contributed by atoms with Crippen LogP contribution in [0, 0.1) is 20.8 Å². The Hall–Kier alpha value is -3.74. The molecule has 2 N–H and O–H groups in total. The Morgan fingerprint density at radius 1 is 0.941 bits per heavy atom. The number of amides is 2. The fourth-order valence-electron chi connectivity index (χ4n) is 3.78. The van der Waals surface area contributed by atoms with Crippen molar-refractivity contribution in [1.82, 2.24) is 9.88 Å². The number of anilines is 1. The Balaban J connectivity index is 1.91. The van der Waals surface area contributed by atoms with E-state index in [1.807, 2.05) is 76.2 Å². The van der Waals surface area contributed by atoms with Crippen molar-refractivity contribution in [3.05, 3.63) is 82.2 Å². The van der Waals surface area contributed by atoms with E-state index >= 15 is 0 Å². The molecule has 0 aliphatic heterocycles. The fourth-order valence-corrected chi connectivity index (χ4v) is 3.78. The molecule has 2 amide bonds. The zero-order valence-electron chi connectivity index (χ0n) is 20.5. The molecule has 0 radical (unpaired) electrons. The fraction of sp³-hybridized carbons (Fsp3) is 0.333. The third-order valence-corrected chi connectivity index (χ3v) is 5.63. The molecule has 0 fully saturated rings. The number of aromatic nitrogens is 1. The highest BCUT2D eigenvalue weighted by Crippen LogP contribution is 2.26. The van der Waals surface area contributed by atoms with Gasteiger partial charge in [0.15, 0.2) is 0 Å². The van der Waals surface area contributed by atoms with E-state index in [0.717, 1.165) is 27.9 Å². The van der Waals surface area contributed by atoms with E-state index in [9.17, 15) is 9.59 Å². The van der Waals surface area contributed by atoms with Crippen molar-refractivity contribution in [2.75, 3.05) is 18.5 Å². The van der Waals surface area contributed by atoms with Crippen LogP contribution >= 0.6 is 0 Å². The summed E-state index contributed by atoms with van der Waals surface area (Å²) in [4.78, 5) is 30.7. The number of aryl methyl sites for hydroxylation is 2. The molecule has 1 aromatic heterocycles. The zero-order valence-corrected chi connectivity index (χ0v) is 20.5. The number of nitrogens with zero attached hydrogens (tertiary/aromatic N) is 1. The number of esters is 1. The van der Waals surface area contributed by atoms with Gasteiger partial charge in [0.1, 0.15) is 11.4 Å². The number of benzene rings is 2. The van der Waals surface area contributed by atoms with Gasteiger partial charge >= 0.3 is 12.0 Å². The summed E-state index contributed by atoms with van der Waals surface area (Å²) < 4.78 is 10.8. The highest BCUT2D eigenvalue weighted by molar-refractivity contribution is 5.92.